The monoisotopic (exact) mass is 549 g/mol. The molecule has 12 heteroatoms. The number of para-hydroxylation sites is 1. The number of aryl methyl sites for hydroxylation is 1. The number of urea groups is 1. The van der Waals surface area contributed by atoms with Gasteiger partial charge in [0.25, 0.3) is 5.91 Å². The van der Waals surface area contributed by atoms with Gasteiger partial charge in [-0.05, 0) is 43.2 Å². The molecule has 8 nitrogen and oxygen atoms in total. The van der Waals surface area contributed by atoms with E-state index >= 15 is 0 Å². The van der Waals surface area contributed by atoms with Gasteiger partial charge in [0.1, 0.15) is 5.75 Å². The second-order valence-electron chi connectivity index (χ2n) is 8.95. The van der Waals surface area contributed by atoms with Gasteiger partial charge >= 0.3 is 12.2 Å². The maximum atomic E-state index is 13.6. The minimum Gasteiger partial charge on any atom is -0.484 e. The fourth-order valence-electron chi connectivity index (χ4n) is 4.22. The molecule has 0 fully saturated rings. The lowest BCUT2D eigenvalue weighted by Crippen LogP contribution is -2.48. The second kappa shape index (κ2) is 11.8. The molecule has 202 valence electrons. The molecule has 0 unspecified atom stereocenters. The summed E-state index contributed by atoms with van der Waals surface area (Å²) in [7, 11) is 0. The number of hydrogen-bond donors (Lipinski definition) is 1. The Hall–Kier alpha value is -3.73. The molecule has 1 N–H and O–H groups in total. The third-order valence-corrected chi connectivity index (χ3v) is 6.42. The average Bonchev–Trinajstić information content (AvgIpc) is 3.35. The van der Waals surface area contributed by atoms with E-state index in [1.807, 2.05) is 29.8 Å². The van der Waals surface area contributed by atoms with Gasteiger partial charge in [0, 0.05) is 50.3 Å². The van der Waals surface area contributed by atoms with E-state index in [1.165, 1.54) is 18.2 Å². The highest BCUT2D eigenvalue weighted by molar-refractivity contribution is 6.34. The number of nitrogens with one attached hydrogen (secondary N) is 1. The number of hydrogen-bond acceptors (Lipinski definition) is 4. The van der Waals surface area contributed by atoms with Crippen molar-refractivity contribution in [2.45, 2.75) is 38.7 Å². The summed E-state index contributed by atoms with van der Waals surface area (Å²) >= 11 is 6.30. The summed E-state index contributed by atoms with van der Waals surface area (Å²) in [6.45, 7) is 2.08. The number of carbonyl (C=O) groups excluding carboxylic acids is 2. The zero-order valence-corrected chi connectivity index (χ0v) is 21.4. The van der Waals surface area contributed by atoms with Crippen molar-refractivity contribution in [3.05, 3.63) is 77.3 Å². The SMILES string of the molecule is C[C@@H]1CN(C(=O)c2ccc(OCC(F)(F)F)cc2Cl)c2ccccc2CN1C(=O)NCCCn1ccnc1. The molecule has 3 aromatic rings. The first-order valence-corrected chi connectivity index (χ1v) is 12.4. The first-order chi connectivity index (χ1) is 18.1. The minimum absolute atomic E-state index is 0.0310. The lowest BCUT2D eigenvalue weighted by atomic mass is 10.1. The molecule has 0 saturated heterocycles. The molecule has 1 atom stereocenters. The number of ether oxygens (including phenoxy) is 1. The van der Waals surface area contributed by atoms with Gasteiger partial charge in [0.15, 0.2) is 6.61 Å². The molecule has 1 aromatic heterocycles. The van der Waals surface area contributed by atoms with Crippen LogP contribution in [0, 0.1) is 0 Å². The Labute approximate surface area is 222 Å². The van der Waals surface area contributed by atoms with E-state index in [1.54, 1.807) is 34.5 Å². The molecular formula is C26H27ClF3N5O3. The third kappa shape index (κ3) is 6.77. The van der Waals surface area contributed by atoms with Crippen LogP contribution in [0.5, 0.6) is 5.75 Å². The highest BCUT2D eigenvalue weighted by Crippen LogP contribution is 2.31. The Kier molecular flexibility index (Phi) is 8.45. The topological polar surface area (TPSA) is 79.7 Å². The normalized spacial score (nSPS) is 15.6. The molecule has 1 aliphatic rings. The number of carbonyl (C=O) groups is 2. The number of amides is 3. The molecule has 0 radical (unpaired) electrons. The Morgan fingerprint density at radius 2 is 2.00 bits per heavy atom. The third-order valence-electron chi connectivity index (χ3n) is 6.11. The van der Waals surface area contributed by atoms with Crippen molar-refractivity contribution in [2.24, 2.45) is 0 Å². The van der Waals surface area contributed by atoms with Crippen molar-refractivity contribution in [3.63, 3.8) is 0 Å². The number of rotatable bonds is 7. The summed E-state index contributed by atoms with van der Waals surface area (Å²) < 4.78 is 44.1. The van der Waals surface area contributed by atoms with E-state index in [-0.39, 0.29) is 35.0 Å². The van der Waals surface area contributed by atoms with Crippen LogP contribution in [-0.4, -0.2) is 58.3 Å². The summed E-state index contributed by atoms with van der Waals surface area (Å²) in [4.78, 5) is 33.9. The number of alkyl halides is 3. The summed E-state index contributed by atoms with van der Waals surface area (Å²) in [5.74, 6) is -0.524. The van der Waals surface area contributed by atoms with Gasteiger partial charge in [-0.2, -0.15) is 13.2 Å². The summed E-state index contributed by atoms with van der Waals surface area (Å²) in [6.07, 6.45) is 1.51. The van der Waals surface area contributed by atoms with Gasteiger partial charge in [-0.15, -0.1) is 0 Å². The first-order valence-electron chi connectivity index (χ1n) is 12.0. The molecule has 0 spiro atoms. The number of nitrogens with zero attached hydrogens (tertiary/aromatic N) is 4. The van der Waals surface area contributed by atoms with Crippen molar-refractivity contribution < 1.29 is 27.5 Å². The Morgan fingerprint density at radius 3 is 2.71 bits per heavy atom. The highest BCUT2D eigenvalue weighted by Gasteiger charge is 2.32. The summed E-state index contributed by atoms with van der Waals surface area (Å²) in [6, 6.07) is 10.5. The molecule has 0 saturated carbocycles. The van der Waals surface area contributed by atoms with E-state index < -0.39 is 18.7 Å². The largest absolute Gasteiger partial charge is 0.484 e. The molecule has 38 heavy (non-hydrogen) atoms. The van der Waals surface area contributed by atoms with Gasteiger partial charge < -0.3 is 24.4 Å². The van der Waals surface area contributed by atoms with Crippen molar-refractivity contribution in [2.75, 3.05) is 24.6 Å². The summed E-state index contributed by atoms with van der Waals surface area (Å²) in [5.41, 5.74) is 1.53. The van der Waals surface area contributed by atoms with E-state index in [4.69, 9.17) is 16.3 Å². The van der Waals surface area contributed by atoms with Gasteiger partial charge in [-0.1, -0.05) is 29.8 Å². The number of fused-ring (bicyclic) bond motifs is 1. The molecule has 0 bridgehead atoms. The molecular weight excluding hydrogens is 523 g/mol. The molecule has 2 aromatic carbocycles. The zero-order valence-electron chi connectivity index (χ0n) is 20.6. The molecule has 2 heterocycles. The molecule has 4 rings (SSSR count). The van der Waals surface area contributed by atoms with Crippen molar-refractivity contribution in [1.82, 2.24) is 19.8 Å². The first kappa shape index (κ1) is 27.3. The van der Waals surface area contributed by atoms with Crippen molar-refractivity contribution >= 4 is 29.2 Å². The van der Waals surface area contributed by atoms with E-state index in [0.29, 0.717) is 18.8 Å². The average molecular weight is 550 g/mol. The molecule has 3 amide bonds. The Morgan fingerprint density at radius 1 is 1.21 bits per heavy atom. The van der Waals surface area contributed by atoms with Crippen LogP contribution in [0.1, 0.15) is 29.3 Å². The fourth-order valence-corrected chi connectivity index (χ4v) is 4.47. The van der Waals surface area contributed by atoms with Gasteiger partial charge in [-0.3, -0.25) is 4.79 Å². The minimum atomic E-state index is -4.49. The van der Waals surface area contributed by atoms with Crippen molar-refractivity contribution in [1.29, 1.82) is 0 Å². The van der Waals surface area contributed by atoms with E-state index in [9.17, 15) is 22.8 Å². The Balaban J connectivity index is 1.47. The van der Waals surface area contributed by atoms with Crippen molar-refractivity contribution in [3.8, 4) is 5.75 Å². The number of imidazole rings is 1. The Bertz CT molecular complexity index is 1270. The second-order valence-corrected chi connectivity index (χ2v) is 9.36. The van der Waals surface area contributed by atoms with Gasteiger partial charge in [-0.25, -0.2) is 9.78 Å². The van der Waals surface area contributed by atoms with E-state index in [0.717, 1.165) is 18.5 Å². The predicted molar refractivity (Wildman–Crippen MR) is 136 cm³/mol. The number of halogens is 4. The van der Waals surface area contributed by atoms with Crippen LogP contribution in [0.4, 0.5) is 23.7 Å². The number of aromatic nitrogens is 2. The number of anilines is 1. The smallest absolute Gasteiger partial charge is 0.422 e. The highest BCUT2D eigenvalue weighted by atomic mass is 35.5. The van der Waals surface area contributed by atoms with E-state index in [2.05, 4.69) is 10.3 Å². The van der Waals surface area contributed by atoms with Gasteiger partial charge in [0.05, 0.1) is 16.9 Å². The quantitative estimate of drug-likeness (QED) is 0.415. The maximum absolute atomic E-state index is 13.6. The van der Waals surface area contributed by atoms with Crippen LogP contribution in [0.2, 0.25) is 5.02 Å². The maximum Gasteiger partial charge on any atom is 0.422 e. The van der Waals surface area contributed by atoms with Gasteiger partial charge in [0.2, 0.25) is 0 Å². The predicted octanol–water partition coefficient (Wildman–Crippen LogP) is 5.13. The van der Waals surface area contributed by atoms with Crippen LogP contribution < -0.4 is 15.0 Å². The van der Waals surface area contributed by atoms with Crippen LogP contribution in [0.15, 0.2) is 61.2 Å². The fraction of sp³-hybridized carbons (Fsp3) is 0.346. The molecule has 1 aliphatic heterocycles. The summed E-state index contributed by atoms with van der Waals surface area (Å²) in [5, 5.41) is 2.92. The molecule has 0 aliphatic carbocycles. The van der Waals surface area contributed by atoms with Crippen LogP contribution in [-0.2, 0) is 13.1 Å². The van der Waals surface area contributed by atoms with Crippen LogP contribution in [0.3, 0.4) is 0 Å². The lowest BCUT2D eigenvalue weighted by molar-refractivity contribution is -0.153. The number of benzene rings is 2. The van der Waals surface area contributed by atoms with Crippen LogP contribution in [0.25, 0.3) is 0 Å². The zero-order chi connectivity index (χ0) is 27.3. The lowest BCUT2D eigenvalue weighted by Gasteiger charge is -2.29. The van der Waals surface area contributed by atoms with Crippen LogP contribution >= 0.6 is 11.6 Å². The standard InChI is InChI=1S/C26H27ClF3N5O3/c1-18-14-35(24(36)21-8-7-20(13-22(21)27)38-16-26(28,29)30)23-6-3-2-5-19(23)15-34(18)25(37)32-9-4-11-33-12-10-31-17-33/h2-3,5-8,10,12-13,17-18H,4,9,11,14-16H2,1H3,(H,32,37)/t18-/m1/s1.